The van der Waals surface area contributed by atoms with E-state index in [1.807, 2.05) is 0 Å². The Bertz CT molecular complexity index is 685. The summed E-state index contributed by atoms with van der Waals surface area (Å²) in [6, 6.07) is 3.36. The molecule has 0 aliphatic heterocycles. The molecule has 124 valence electrons. The molecule has 0 atom stereocenters. The lowest BCUT2D eigenvalue weighted by molar-refractivity contribution is 0.0531. The lowest BCUT2D eigenvalue weighted by Crippen LogP contribution is -2.27. The van der Waals surface area contributed by atoms with Crippen LogP contribution in [0.5, 0.6) is 0 Å². The molecule has 2 aromatic heterocycles. The van der Waals surface area contributed by atoms with Crippen molar-refractivity contribution in [1.29, 1.82) is 0 Å². The Morgan fingerprint density at radius 3 is 2.70 bits per heavy atom. The molecule has 7 nitrogen and oxygen atoms in total. The molecule has 2 heterocycles. The van der Waals surface area contributed by atoms with Gasteiger partial charge in [0.05, 0.1) is 12.9 Å². The van der Waals surface area contributed by atoms with Gasteiger partial charge in [-0.1, -0.05) is 11.3 Å². The Hall–Kier alpha value is -2.35. The summed E-state index contributed by atoms with van der Waals surface area (Å²) in [6.45, 7) is 7.22. The fourth-order valence-electron chi connectivity index (χ4n) is 1.68. The van der Waals surface area contributed by atoms with Crippen LogP contribution in [0.1, 0.15) is 37.4 Å². The number of nitrogens with zero attached hydrogens (tertiary/aromatic N) is 1. The molecular formula is C15H18N2O5S. The Balaban J connectivity index is 2.27. The first-order chi connectivity index (χ1) is 10.8. The number of hydrogen-bond donors (Lipinski definition) is 1. The summed E-state index contributed by atoms with van der Waals surface area (Å²) in [6.07, 6.45) is 0.831. The number of rotatable bonds is 4. The maximum atomic E-state index is 12.1. The molecule has 0 aliphatic carbocycles. The van der Waals surface area contributed by atoms with E-state index in [4.69, 9.17) is 13.9 Å². The van der Waals surface area contributed by atoms with Crippen LogP contribution in [0, 0.1) is 0 Å². The van der Waals surface area contributed by atoms with Crippen LogP contribution in [0.4, 0.5) is 9.93 Å². The number of amides is 1. The predicted molar refractivity (Wildman–Crippen MR) is 85.6 cm³/mol. The molecular weight excluding hydrogens is 320 g/mol. The SMILES string of the molecule is CCOC(=O)c1sc(NC(=O)OC(C)(C)C)nc1-c1ccco1. The number of aromatic nitrogens is 1. The zero-order chi connectivity index (χ0) is 17.0. The van der Waals surface area contributed by atoms with Crippen molar-refractivity contribution in [3.05, 3.63) is 23.3 Å². The fourth-order valence-corrected chi connectivity index (χ4v) is 2.53. The van der Waals surface area contributed by atoms with Crippen molar-refractivity contribution >= 4 is 28.5 Å². The van der Waals surface area contributed by atoms with E-state index < -0.39 is 17.7 Å². The number of ether oxygens (including phenoxy) is 2. The van der Waals surface area contributed by atoms with Crippen molar-refractivity contribution < 1.29 is 23.5 Å². The van der Waals surface area contributed by atoms with E-state index in [1.165, 1.54) is 6.26 Å². The Labute approximate surface area is 137 Å². The summed E-state index contributed by atoms with van der Waals surface area (Å²) in [5, 5.41) is 2.75. The number of carbonyl (C=O) groups excluding carboxylic acids is 2. The standard InChI is InChI=1S/C15H18N2O5S/c1-5-20-12(18)11-10(9-7-6-8-21-9)16-13(23-11)17-14(19)22-15(2,3)4/h6-8H,5H2,1-4H3,(H,16,17,19). The van der Waals surface area contributed by atoms with Crippen molar-refractivity contribution in [2.75, 3.05) is 11.9 Å². The molecule has 2 aromatic rings. The van der Waals surface area contributed by atoms with E-state index in [0.29, 0.717) is 11.5 Å². The number of furan rings is 1. The first-order valence-corrected chi connectivity index (χ1v) is 7.83. The number of thiazole rings is 1. The Morgan fingerprint density at radius 1 is 1.39 bits per heavy atom. The third kappa shape index (κ3) is 4.56. The quantitative estimate of drug-likeness (QED) is 0.850. The average Bonchev–Trinajstić information content (AvgIpc) is 3.04. The topological polar surface area (TPSA) is 90.7 Å². The molecule has 0 aliphatic rings. The minimum atomic E-state index is -0.646. The summed E-state index contributed by atoms with van der Waals surface area (Å²) in [7, 11) is 0. The number of anilines is 1. The van der Waals surface area contributed by atoms with Gasteiger partial charge in [-0.25, -0.2) is 14.6 Å². The van der Waals surface area contributed by atoms with E-state index in [1.54, 1.807) is 39.8 Å². The highest BCUT2D eigenvalue weighted by molar-refractivity contribution is 7.18. The summed E-state index contributed by atoms with van der Waals surface area (Å²) >= 11 is 1.00. The zero-order valence-corrected chi connectivity index (χ0v) is 14.2. The molecule has 23 heavy (non-hydrogen) atoms. The Kier molecular flexibility index (Phi) is 5.05. The summed E-state index contributed by atoms with van der Waals surface area (Å²) < 4.78 is 15.5. The molecule has 1 N–H and O–H groups in total. The molecule has 0 radical (unpaired) electrons. The molecule has 0 unspecified atom stereocenters. The third-order valence-electron chi connectivity index (χ3n) is 2.45. The molecule has 0 spiro atoms. The van der Waals surface area contributed by atoms with Crippen molar-refractivity contribution in [3.63, 3.8) is 0 Å². The first kappa shape index (κ1) is 17.0. The van der Waals surface area contributed by atoms with Gasteiger partial charge >= 0.3 is 12.1 Å². The van der Waals surface area contributed by atoms with E-state index in [2.05, 4.69) is 10.3 Å². The normalized spacial score (nSPS) is 11.1. The van der Waals surface area contributed by atoms with Crippen LogP contribution in [-0.4, -0.2) is 29.3 Å². The average molecular weight is 338 g/mol. The van der Waals surface area contributed by atoms with Gasteiger partial charge in [0.2, 0.25) is 0 Å². The van der Waals surface area contributed by atoms with Crippen molar-refractivity contribution in [2.45, 2.75) is 33.3 Å². The second-order valence-electron chi connectivity index (χ2n) is 5.52. The van der Waals surface area contributed by atoms with E-state index in [9.17, 15) is 9.59 Å². The monoisotopic (exact) mass is 338 g/mol. The number of hydrogen-bond acceptors (Lipinski definition) is 7. The van der Waals surface area contributed by atoms with E-state index >= 15 is 0 Å². The molecule has 0 aromatic carbocycles. The van der Waals surface area contributed by atoms with Gasteiger partial charge in [0.25, 0.3) is 0 Å². The second kappa shape index (κ2) is 6.82. The van der Waals surface area contributed by atoms with Gasteiger partial charge in [-0.15, -0.1) is 0 Å². The highest BCUT2D eigenvalue weighted by Gasteiger charge is 2.24. The van der Waals surface area contributed by atoms with Gasteiger partial charge < -0.3 is 13.9 Å². The first-order valence-electron chi connectivity index (χ1n) is 7.02. The maximum absolute atomic E-state index is 12.1. The van der Waals surface area contributed by atoms with Crippen LogP contribution in [0.3, 0.4) is 0 Å². The lowest BCUT2D eigenvalue weighted by atomic mass is 10.2. The Morgan fingerprint density at radius 2 is 2.13 bits per heavy atom. The highest BCUT2D eigenvalue weighted by Crippen LogP contribution is 2.32. The van der Waals surface area contributed by atoms with Crippen LogP contribution in [0.15, 0.2) is 22.8 Å². The van der Waals surface area contributed by atoms with Crippen molar-refractivity contribution in [3.8, 4) is 11.5 Å². The minimum Gasteiger partial charge on any atom is -0.463 e. The van der Waals surface area contributed by atoms with E-state index in [-0.39, 0.29) is 16.6 Å². The van der Waals surface area contributed by atoms with Gasteiger partial charge in [0, 0.05) is 0 Å². The van der Waals surface area contributed by atoms with Gasteiger partial charge in [0.15, 0.2) is 10.9 Å². The molecule has 0 bridgehead atoms. The second-order valence-corrected chi connectivity index (χ2v) is 6.52. The van der Waals surface area contributed by atoms with Crippen LogP contribution in [0.25, 0.3) is 11.5 Å². The zero-order valence-electron chi connectivity index (χ0n) is 13.3. The van der Waals surface area contributed by atoms with Crippen LogP contribution < -0.4 is 5.32 Å². The molecule has 0 saturated heterocycles. The molecule has 2 rings (SSSR count). The van der Waals surface area contributed by atoms with Crippen LogP contribution in [-0.2, 0) is 9.47 Å². The maximum Gasteiger partial charge on any atom is 0.413 e. The largest absolute Gasteiger partial charge is 0.463 e. The van der Waals surface area contributed by atoms with Crippen LogP contribution >= 0.6 is 11.3 Å². The fraction of sp³-hybridized carbons (Fsp3) is 0.400. The van der Waals surface area contributed by atoms with Gasteiger partial charge in [0.1, 0.15) is 16.2 Å². The number of esters is 1. The highest BCUT2D eigenvalue weighted by atomic mass is 32.1. The third-order valence-corrected chi connectivity index (χ3v) is 3.40. The molecule has 0 fully saturated rings. The van der Waals surface area contributed by atoms with Gasteiger partial charge in [-0.2, -0.15) is 0 Å². The smallest absolute Gasteiger partial charge is 0.413 e. The van der Waals surface area contributed by atoms with Crippen molar-refractivity contribution in [2.24, 2.45) is 0 Å². The lowest BCUT2D eigenvalue weighted by Gasteiger charge is -2.18. The summed E-state index contributed by atoms with van der Waals surface area (Å²) in [5.41, 5.74) is -0.306. The molecule has 1 amide bonds. The van der Waals surface area contributed by atoms with E-state index in [0.717, 1.165) is 11.3 Å². The predicted octanol–water partition coefficient (Wildman–Crippen LogP) is 3.93. The summed E-state index contributed by atoms with van der Waals surface area (Å²) in [4.78, 5) is 28.4. The van der Waals surface area contributed by atoms with Crippen molar-refractivity contribution in [1.82, 2.24) is 4.98 Å². The number of nitrogens with one attached hydrogen (secondary N) is 1. The van der Waals surface area contributed by atoms with Gasteiger partial charge in [-0.05, 0) is 39.8 Å². The minimum absolute atomic E-state index is 0.230. The van der Waals surface area contributed by atoms with Gasteiger partial charge in [-0.3, -0.25) is 5.32 Å². The molecule has 0 saturated carbocycles. The van der Waals surface area contributed by atoms with Crippen LogP contribution in [0.2, 0.25) is 0 Å². The molecule has 8 heteroatoms. The number of carbonyl (C=O) groups is 2. The summed E-state index contributed by atoms with van der Waals surface area (Å²) in [5.74, 6) is -0.102.